The summed E-state index contributed by atoms with van der Waals surface area (Å²) in [6.07, 6.45) is 0.823. The van der Waals surface area contributed by atoms with Crippen LogP contribution in [-0.4, -0.2) is 0 Å². The normalized spacial score (nSPS) is 16.8. The van der Waals surface area contributed by atoms with Crippen molar-refractivity contribution in [1.29, 1.82) is 0 Å². The van der Waals surface area contributed by atoms with Gasteiger partial charge in [0.15, 0.2) is 0 Å². The Balaban J connectivity index is 0.843. The van der Waals surface area contributed by atoms with Crippen molar-refractivity contribution in [3.8, 4) is 44.5 Å². The molecule has 2 unspecified atom stereocenters. The Morgan fingerprint density at radius 2 is 0.679 bits per heavy atom. The maximum Gasteiger partial charge on any atom is 0.0713 e. The van der Waals surface area contributed by atoms with Crippen LogP contribution in [0.5, 0.6) is 0 Å². The molecule has 78 heavy (non-hydrogen) atoms. The Morgan fingerprint density at radius 1 is 0.269 bits per heavy atom. The van der Waals surface area contributed by atoms with Crippen molar-refractivity contribution in [3.63, 3.8) is 0 Å². The fraction of sp³-hybridized carbons (Fsp3) is 0.0649. The molecule has 0 aromatic heterocycles. The first-order valence-electron chi connectivity index (χ1n) is 27.3. The zero-order valence-corrected chi connectivity index (χ0v) is 45.5. The number of fused-ring (bicyclic) bond motifs is 9. The van der Waals surface area contributed by atoms with Gasteiger partial charge in [0.25, 0.3) is 0 Å². The highest BCUT2D eigenvalue weighted by Crippen LogP contribution is 2.60. The van der Waals surface area contributed by atoms with Gasteiger partial charge < -0.3 is 0 Å². The van der Waals surface area contributed by atoms with E-state index in [9.17, 15) is 0 Å². The van der Waals surface area contributed by atoms with Crippen LogP contribution < -0.4 is 0 Å². The number of halogens is 1. The summed E-state index contributed by atoms with van der Waals surface area (Å²) in [6.45, 7) is 2.26. The highest BCUT2D eigenvalue weighted by Gasteiger charge is 2.49. The van der Waals surface area contributed by atoms with Crippen molar-refractivity contribution < 1.29 is 0 Å². The van der Waals surface area contributed by atoms with Crippen LogP contribution in [0.25, 0.3) is 44.5 Å². The topological polar surface area (TPSA) is 0 Å². The molecule has 0 saturated heterocycles. The van der Waals surface area contributed by atoms with Crippen LogP contribution in [0, 0.1) is 10.5 Å². The van der Waals surface area contributed by atoms with Crippen molar-refractivity contribution >= 4 is 22.6 Å². The minimum absolute atomic E-state index is 0.423. The molecule has 0 radical (unpaired) electrons. The molecular weight excluding hydrogens is 1050 g/mol. The molecule has 12 aromatic rings. The molecule has 0 aliphatic heterocycles. The van der Waals surface area contributed by atoms with Crippen LogP contribution in [0.15, 0.2) is 291 Å². The third kappa shape index (κ3) is 6.64. The quantitative estimate of drug-likeness (QED) is 0.126. The molecule has 12 aromatic carbocycles. The van der Waals surface area contributed by atoms with E-state index in [4.69, 9.17) is 0 Å². The Morgan fingerprint density at radius 3 is 1.26 bits per heavy atom. The van der Waals surface area contributed by atoms with Crippen LogP contribution in [-0.2, 0) is 22.7 Å². The van der Waals surface area contributed by atoms with Gasteiger partial charge in [0.1, 0.15) is 0 Å². The molecule has 15 rings (SSSR count). The zero-order valence-electron chi connectivity index (χ0n) is 43.3. The zero-order chi connectivity index (χ0) is 52.0. The average molecular weight is 1110 g/mol. The van der Waals surface area contributed by atoms with Gasteiger partial charge >= 0.3 is 0 Å². The maximum atomic E-state index is 2.62. The summed E-state index contributed by atoms with van der Waals surface area (Å²) in [5, 5.41) is 0. The first-order valence-corrected chi connectivity index (χ1v) is 28.4. The molecule has 2 atom stereocenters. The second-order valence-corrected chi connectivity index (χ2v) is 22.7. The highest BCUT2D eigenvalue weighted by atomic mass is 127. The largest absolute Gasteiger partial charge is 0.0713 e. The van der Waals surface area contributed by atoms with E-state index in [2.05, 4.69) is 321 Å². The molecule has 3 aliphatic carbocycles. The monoisotopic (exact) mass is 1100 g/mol. The molecule has 3 aliphatic rings. The van der Waals surface area contributed by atoms with Crippen LogP contribution >= 0.6 is 22.6 Å². The summed E-state index contributed by atoms with van der Waals surface area (Å²) < 4.78 is 1.23. The van der Waals surface area contributed by atoms with Crippen molar-refractivity contribution in [2.45, 2.75) is 29.6 Å². The predicted octanol–water partition coefficient (Wildman–Crippen LogP) is 18.9. The molecule has 0 N–H and O–H groups in total. The van der Waals surface area contributed by atoms with Crippen LogP contribution in [0.4, 0.5) is 0 Å². The lowest BCUT2D eigenvalue weighted by Crippen LogP contribution is -2.28. The van der Waals surface area contributed by atoms with Gasteiger partial charge in [-0.1, -0.05) is 273 Å². The highest BCUT2D eigenvalue weighted by molar-refractivity contribution is 14.1. The fourth-order valence-electron chi connectivity index (χ4n) is 14.6. The molecule has 0 bridgehead atoms. The Labute approximate surface area is 471 Å². The van der Waals surface area contributed by atoms with Crippen molar-refractivity contribution in [3.05, 3.63) is 378 Å². The molecule has 368 valence electrons. The van der Waals surface area contributed by atoms with E-state index in [0.29, 0.717) is 0 Å². The van der Waals surface area contributed by atoms with Crippen LogP contribution in [0.3, 0.4) is 0 Å². The lowest BCUT2D eigenvalue weighted by Gasteiger charge is -2.34. The van der Waals surface area contributed by atoms with Gasteiger partial charge in [0.05, 0.1) is 16.2 Å². The number of benzene rings is 12. The van der Waals surface area contributed by atoms with E-state index in [0.717, 1.165) is 6.42 Å². The van der Waals surface area contributed by atoms with Gasteiger partial charge in [0, 0.05) is 3.57 Å². The van der Waals surface area contributed by atoms with Crippen LogP contribution in [0.1, 0.15) is 83.5 Å². The minimum atomic E-state index is -0.550. The first kappa shape index (κ1) is 46.7. The fourth-order valence-corrected chi connectivity index (χ4v) is 15.4. The molecule has 0 spiro atoms. The third-order valence-corrected chi connectivity index (χ3v) is 18.6. The molecule has 0 amide bonds. The molecular formula is C77H53I. The van der Waals surface area contributed by atoms with Crippen molar-refractivity contribution in [2.75, 3.05) is 0 Å². The Bertz CT molecular complexity index is 4250. The average Bonchev–Trinajstić information content (AvgIpc) is 4.31. The second kappa shape index (κ2) is 18.3. The van der Waals surface area contributed by atoms with Crippen LogP contribution in [0.2, 0.25) is 0 Å². The summed E-state index contributed by atoms with van der Waals surface area (Å²) in [4.78, 5) is 0. The summed E-state index contributed by atoms with van der Waals surface area (Å²) in [5.41, 5.74) is 28.4. The number of hydrogen-bond acceptors (Lipinski definition) is 0. The number of aryl methyl sites for hydroxylation is 1. The summed E-state index contributed by atoms with van der Waals surface area (Å²) in [6, 6.07) is 110. The van der Waals surface area contributed by atoms with E-state index >= 15 is 0 Å². The number of rotatable bonds is 9. The van der Waals surface area contributed by atoms with Gasteiger partial charge in [-0.15, -0.1) is 0 Å². The molecule has 1 heteroatoms. The lowest BCUT2D eigenvalue weighted by atomic mass is 9.67. The molecule has 0 fully saturated rings. The van der Waals surface area contributed by atoms with E-state index in [1.165, 1.54) is 132 Å². The van der Waals surface area contributed by atoms with Gasteiger partial charge in [-0.25, -0.2) is 0 Å². The smallest absolute Gasteiger partial charge is 0.0622 e. The summed E-state index contributed by atoms with van der Waals surface area (Å²) >= 11 is 2.62. The van der Waals surface area contributed by atoms with E-state index in [1.54, 1.807) is 0 Å². The third-order valence-electron chi connectivity index (χ3n) is 17.7. The van der Waals surface area contributed by atoms with Gasteiger partial charge in [-0.3, -0.25) is 0 Å². The minimum Gasteiger partial charge on any atom is -0.0622 e. The van der Waals surface area contributed by atoms with Gasteiger partial charge in [-0.2, -0.15) is 0 Å². The molecule has 0 heterocycles. The second-order valence-electron chi connectivity index (χ2n) is 21.6. The van der Waals surface area contributed by atoms with E-state index < -0.39 is 16.2 Å². The summed E-state index contributed by atoms with van der Waals surface area (Å²) in [5.74, 6) is 0. The molecule has 0 saturated carbocycles. The predicted molar refractivity (Wildman–Crippen MR) is 330 cm³/mol. The first-order chi connectivity index (χ1) is 38.5. The van der Waals surface area contributed by atoms with Gasteiger partial charge in [-0.05, 0) is 182 Å². The Hall–Kier alpha value is -8.63. The maximum absolute atomic E-state index is 2.62. The van der Waals surface area contributed by atoms with Gasteiger partial charge in [0.2, 0.25) is 0 Å². The van der Waals surface area contributed by atoms with Crippen molar-refractivity contribution in [2.24, 2.45) is 0 Å². The lowest BCUT2D eigenvalue weighted by molar-refractivity contribution is 0.767. The standard InChI is InChI=1S/C77H53I/c1-51-22-20-39-71-74(51)63-35-16-19-38-69(63)75(71,55-24-6-2-7-25-55)59-43-40-52(41-44-59)46-53-42-45-70-65(47-53)61-33-14-18-37-68(61)77(70,58-30-12-5-13-31-58)60-32-21-23-54(48-60)64-49-66-62-34-15-17-36-67(62)76(72(66)50-73(64)78,56-26-8-3-9-27-56)57-28-10-4-11-29-57/h2-45,47-50H,46H2,1H3. The summed E-state index contributed by atoms with van der Waals surface area (Å²) in [7, 11) is 0. The van der Waals surface area contributed by atoms with E-state index in [-0.39, 0.29) is 0 Å². The Kier molecular flexibility index (Phi) is 10.9. The van der Waals surface area contributed by atoms with Crippen molar-refractivity contribution in [1.82, 2.24) is 0 Å². The SMILES string of the molecule is Cc1cccc2c1-c1ccccc1C2(c1ccccc1)c1ccc(Cc2ccc3c(c2)-c2ccccc2C3(c2ccccc2)c2cccc(-c3cc4c(cc3I)C(c3ccccc3)(c3ccccc3)c3ccccc3-4)c2)cc1. The van der Waals surface area contributed by atoms with E-state index in [1.807, 2.05) is 0 Å². The molecule has 0 nitrogen and oxygen atoms in total. The number of hydrogen-bond donors (Lipinski definition) is 0.